The third kappa shape index (κ3) is 2.17. The van der Waals surface area contributed by atoms with E-state index in [9.17, 15) is 9.90 Å². The zero-order chi connectivity index (χ0) is 11.5. The second kappa shape index (κ2) is 4.28. The van der Waals surface area contributed by atoms with Crippen LogP contribution in [0.25, 0.3) is 10.9 Å². The predicted octanol–water partition coefficient (Wildman–Crippen LogP) is 1.22. The molecule has 0 bridgehead atoms. The molecule has 4 heteroatoms. The van der Waals surface area contributed by atoms with Gasteiger partial charge in [0, 0.05) is 17.5 Å². The maximum absolute atomic E-state index is 10.5. The zero-order valence-corrected chi connectivity index (χ0v) is 8.50. The standard InChI is InChI=1S/C12H11NO3/c14-11(12(15)16)7-9-6-5-8-3-1-2-4-10(8)13-9/h1-6,11,14H,7H2,(H,15,16)/t11-/m0/s1. The number of fused-ring (bicyclic) bond motifs is 1. The third-order valence-corrected chi connectivity index (χ3v) is 2.34. The maximum atomic E-state index is 10.5. The highest BCUT2D eigenvalue weighted by atomic mass is 16.4. The number of benzene rings is 1. The fourth-order valence-electron chi connectivity index (χ4n) is 1.51. The summed E-state index contributed by atoms with van der Waals surface area (Å²) in [4.78, 5) is 14.8. The number of para-hydroxylation sites is 1. The highest BCUT2D eigenvalue weighted by molar-refractivity contribution is 5.78. The SMILES string of the molecule is O=C(O)[C@@H](O)Cc1ccc2ccccc2n1. The van der Waals surface area contributed by atoms with E-state index in [2.05, 4.69) is 4.98 Å². The van der Waals surface area contributed by atoms with Crippen LogP contribution in [-0.4, -0.2) is 27.3 Å². The molecule has 1 heterocycles. The number of hydrogen-bond acceptors (Lipinski definition) is 3. The first kappa shape index (κ1) is 10.6. The molecule has 2 rings (SSSR count). The van der Waals surface area contributed by atoms with Crippen LogP contribution in [0.15, 0.2) is 36.4 Å². The summed E-state index contributed by atoms with van der Waals surface area (Å²) in [5.41, 5.74) is 1.38. The van der Waals surface area contributed by atoms with Crippen LogP contribution in [0.5, 0.6) is 0 Å². The number of aliphatic hydroxyl groups excluding tert-OH is 1. The molecule has 1 atom stereocenters. The summed E-state index contributed by atoms with van der Waals surface area (Å²) in [6.07, 6.45) is -1.37. The van der Waals surface area contributed by atoms with E-state index < -0.39 is 12.1 Å². The number of carbonyl (C=O) groups is 1. The first-order valence-electron chi connectivity index (χ1n) is 4.92. The Morgan fingerprint density at radius 3 is 2.75 bits per heavy atom. The lowest BCUT2D eigenvalue weighted by molar-refractivity contribution is -0.146. The van der Waals surface area contributed by atoms with Crippen LogP contribution in [0.1, 0.15) is 5.69 Å². The van der Waals surface area contributed by atoms with E-state index >= 15 is 0 Å². The second-order valence-corrected chi connectivity index (χ2v) is 3.55. The molecule has 0 saturated carbocycles. The van der Waals surface area contributed by atoms with Gasteiger partial charge >= 0.3 is 5.97 Å². The summed E-state index contributed by atoms with van der Waals surface area (Å²) in [5, 5.41) is 18.8. The molecule has 0 spiro atoms. The van der Waals surface area contributed by atoms with Gasteiger partial charge in [0.2, 0.25) is 0 Å². The summed E-state index contributed by atoms with van der Waals surface area (Å²) >= 11 is 0. The molecule has 0 aliphatic carbocycles. The van der Waals surface area contributed by atoms with Gasteiger partial charge in [0.15, 0.2) is 6.10 Å². The number of nitrogens with zero attached hydrogens (tertiary/aromatic N) is 1. The number of carboxylic acids is 1. The molecule has 2 N–H and O–H groups in total. The summed E-state index contributed by atoms with van der Waals surface area (Å²) in [6.45, 7) is 0. The van der Waals surface area contributed by atoms with Crippen molar-refractivity contribution in [2.45, 2.75) is 12.5 Å². The molecule has 82 valence electrons. The third-order valence-electron chi connectivity index (χ3n) is 2.34. The summed E-state index contributed by atoms with van der Waals surface area (Å²) in [6, 6.07) is 11.2. The molecule has 0 saturated heterocycles. The minimum atomic E-state index is -1.39. The van der Waals surface area contributed by atoms with Crippen molar-refractivity contribution < 1.29 is 15.0 Å². The predicted molar refractivity (Wildman–Crippen MR) is 59.1 cm³/mol. The van der Waals surface area contributed by atoms with Gasteiger partial charge in [0.25, 0.3) is 0 Å². The van der Waals surface area contributed by atoms with Crippen molar-refractivity contribution >= 4 is 16.9 Å². The largest absolute Gasteiger partial charge is 0.479 e. The molecular formula is C12H11NO3. The van der Waals surface area contributed by atoms with Gasteiger partial charge in [-0.2, -0.15) is 0 Å². The topological polar surface area (TPSA) is 70.4 Å². The molecule has 4 nitrogen and oxygen atoms in total. The summed E-state index contributed by atoms with van der Waals surface area (Å²) in [5.74, 6) is -1.23. The van der Waals surface area contributed by atoms with Crippen LogP contribution in [-0.2, 0) is 11.2 Å². The normalized spacial score (nSPS) is 12.6. The van der Waals surface area contributed by atoms with E-state index in [4.69, 9.17) is 5.11 Å². The van der Waals surface area contributed by atoms with Gasteiger partial charge < -0.3 is 10.2 Å². The van der Waals surface area contributed by atoms with Gasteiger partial charge in [-0.15, -0.1) is 0 Å². The first-order chi connectivity index (χ1) is 7.66. The fraction of sp³-hybridized carbons (Fsp3) is 0.167. The highest BCUT2D eigenvalue weighted by Crippen LogP contribution is 2.12. The molecular weight excluding hydrogens is 206 g/mol. The highest BCUT2D eigenvalue weighted by Gasteiger charge is 2.14. The Morgan fingerprint density at radius 2 is 2.00 bits per heavy atom. The van der Waals surface area contributed by atoms with Crippen LogP contribution in [0, 0.1) is 0 Å². The van der Waals surface area contributed by atoms with E-state index in [1.165, 1.54) is 0 Å². The second-order valence-electron chi connectivity index (χ2n) is 3.55. The number of aromatic nitrogens is 1. The lowest BCUT2D eigenvalue weighted by Crippen LogP contribution is -2.22. The van der Waals surface area contributed by atoms with Crippen molar-refractivity contribution in [2.24, 2.45) is 0 Å². The average molecular weight is 217 g/mol. The monoisotopic (exact) mass is 217 g/mol. The van der Waals surface area contributed by atoms with E-state index in [1.54, 1.807) is 6.07 Å². The van der Waals surface area contributed by atoms with Crippen molar-refractivity contribution in [3.05, 3.63) is 42.1 Å². The number of aliphatic hydroxyl groups is 1. The maximum Gasteiger partial charge on any atom is 0.332 e. The Kier molecular flexibility index (Phi) is 2.83. The van der Waals surface area contributed by atoms with Crippen LogP contribution < -0.4 is 0 Å². The lowest BCUT2D eigenvalue weighted by Gasteiger charge is -2.05. The number of carboxylic acid groups (broad SMARTS) is 1. The molecule has 0 radical (unpaired) electrons. The van der Waals surface area contributed by atoms with Gasteiger partial charge in [-0.05, 0) is 12.1 Å². The Morgan fingerprint density at radius 1 is 1.25 bits per heavy atom. The van der Waals surface area contributed by atoms with Crippen LogP contribution in [0.3, 0.4) is 0 Å². The molecule has 0 fully saturated rings. The Hall–Kier alpha value is -1.94. The Balaban J connectivity index is 2.29. The fourth-order valence-corrected chi connectivity index (χ4v) is 1.51. The minimum Gasteiger partial charge on any atom is -0.479 e. The van der Waals surface area contributed by atoms with Crippen molar-refractivity contribution in [1.29, 1.82) is 0 Å². The van der Waals surface area contributed by atoms with Crippen molar-refractivity contribution in [1.82, 2.24) is 4.98 Å². The number of pyridine rings is 1. The van der Waals surface area contributed by atoms with E-state index in [1.807, 2.05) is 30.3 Å². The lowest BCUT2D eigenvalue weighted by atomic mass is 10.1. The van der Waals surface area contributed by atoms with Gasteiger partial charge in [-0.25, -0.2) is 4.79 Å². The zero-order valence-electron chi connectivity index (χ0n) is 8.50. The molecule has 1 aromatic heterocycles. The summed E-state index contributed by atoms with van der Waals surface area (Å²) in [7, 11) is 0. The molecule has 0 aliphatic heterocycles. The van der Waals surface area contributed by atoms with Gasteiger partial charge in [0.05, 0.1) is 5.52 Å². The van der Waals surface area contributed by atoms with Crippen LogP contribution in [0.4, 0.5) is 0 Å². The smallest absolute Gasteiger partial charge is 0.332 e. The summed E-state index contributed by atoms with van der Waals surface area (Å²) < 4.78 is 0. The number of hydrogen-bond donors (Lipinski definition) is 2. The van der Waals surface area contributed by atoms with Crippen LogP contribution in [0.2, 0.25) is 0 Å². The Bertz CT molecular complexity index is 524. The first-order valence-corrected chi connectivity index (χ1v) is 4.92. The van der Waals surface area contributed by atoms with Crippen molar-refractivity contribution in [2.75, 3.05) is 0 Å². The number of rotatable bonds is 3. The van der Waals surface area contributed by atoms with Crippen molar-refractivity contribution in [3.8, 4) is 0 Å². The quantitative estimate of drug-likeness (QED) is 0.811. The molecule has 16 heavy (non-hydrogen) atoms. The van der Waals surface area contributed by atoms with Gasteiger partial charge in [-0.1, -0.05) is 24.3 Å². The van der Waals surface area contributed by atoms with Crippen molar-refractivity contribution in [3.63, 3.8) is 0 Å². The molecule has 0 unspecified atom stereocenters. The van der Waals surface area contributed by atoms with E-state index in [0.29, 0.717) is 5.69 Å². The molecule has 0 amide bonds. The molecule has 1 aromatic carbocycles. The Labute approximate surface area is 92.2 Å². The van der Waals surface area contributed by atoms with Gasteiger partial charge in [-0.3, -0.25) is 4.98 Å². The van der Waals surface area contributed by atoms with Crippen LogP contribution >= 0.6 is 0 Å². The van der Waals surface area contributed by atoms with E-state index in [-0.39, 0.29) is 6.42 Å². The minimum absolute atomic E-state index is 0.0279. The average Bonchev–Trinajstić information content (AvgIpc) is 2.28. The van der Waals surface area contributed by atoms with E-state index in [0.717, 1.165) is 10.9 Å². The molecule has 0 aliphatic rings. The molecule has 2 aromatic rings. The number of aliphatic carboxylic acids is 1. The van der Waals surface area contributed by atoms with Gasteiger partial charge in [0.1, 0.15) is 0 Å².